The van der Waals surface area contributed by atoms with Crippen LogP contribution in [0.15, 0.2) is 95.9 Å². The highest BCUT2D eigenvalue weighted by atomic mass is 32.2. The van der Waals surface area contributed by atoms with Gasteiger partial charge in [0, 0.05) is 34.3 Å². The number of carbonyl (C=O) groups excluding carboxylic acids is 1. The summed E-state index contributed by atoms with van der Waals surface area (Å²) in [5, 5.41) is 5.76. The van der Waals surface area contributed by atoms with Gasteiger partial charge in [-0.3, -0.25) is 4.79 Å². The van der Waals surface area contributed by atoms with Gasteiger partial charge >= 0.3 is 0 Å². The molecule has 0 amide bonds. The molecule has 0 aliphatic rings. The first-order valence-corrected chi connectivity index (χ1v) is 10.8. The lowest BCUT2D eigenvalue weighted by atomic mass is 10.1. The summed E-state index contributed by atoms with van der Waals surface area (Å²) < 4.78 is 3.44. The largest absolute Gasteiger partial charge is 0.388 e. The molecule has 0 bridgehead atoms. The summed E-state index contributed by atoms with van der Waals surface area (Å²) in [6.45, 7) is 2.17. The maximum absolute atomic E-state index is 10.0. The molecule has 0 saturated heterocycles. The number of anilines is 2. The topological polar surface area (TPSA) is 41.1 Å². The number of benzene rings is 4. The molecule has 2 N–H and O–H groups in total. The minimum absolute atomic E-state index is 0.729. The second kappa shape index (κ2) is 11.1. The summed E-state index contributed by atoms with van der Waals surface area (Å²) in [5.41, 5.74) is 4.38. The van der Waals surface area contributed by atoms with Crippen LogP contribution in [0.1, 0.15) is 22.8 Å². The fourth-order valence-electron chi connectivity index (χ4n) is 3.03. The van der Waals surface area contributed by atoms with Crippen molar-refractivity contribution in [3.63, 3.8) is 0 Å². The minimum Gasteiger partial charge on any atom is -0.388 e. The second-order valence-corrected chi connectivity index (χ2v) is 7.54. The first kappa shape index (κ1) is 21.5. The minimum atomic E-state index is 0.729. The van der Waals surface area contributed by atoms with Crippen molar-refractivity contribution in [3.8, 4) is 0 Å². The van der Waals surface area contributed by atoms with Crippen LogP contribution in [0, 0.1) is 0 Å². The Morgan fingerprint density at radius 1 is 0.800 bits per heavy atom. The van der Waals surface area contributed by atoms with Crippen LogP contribution in [0.3, 0.4) is 0 Å². The van der Waals surface area contributed by atoms with E-state index in [1.165, 1.54) is 21.2 Å². The van der Waals surface area contributed by atoms with E-state index in [0.29, 0.717) is 0 Å². The Morgan fingerprint density at radius 3 is 2.07 bits per heavy atom. The Labute approximate surface area is 182 Å². The van der Waals surface area contributed by atoms with Crippen LogP contribution in [-0.4, -0.2) is 13.3 Å². The van der Waals surface area contributed by atoms with Gasteiger partial charge in [-0.2, -0.15) is 0 Å². The van der Waals surface area contributed by atoms with Gasteiger partial charge in [0.15, 0.2) is 0 Å². The molecule has 0 aliphatic carbocycles. The highest BCUT2D eigenvalue weighted by Crippen LogP contribution is 2.33. The molecule has 152 valence electrons. The van der Waals surface area contributed by atoms with E-state index in [1.807, 2.05) is 25.2 Å². The van der Waals surface area contributed by atoms with Crippen LogP contribution >= 0.6 is 11.9 Å². The Morgan fingerprint density at radius 2 is 1.47 bits per heavy atom. The van der Waals surface area contributed by atoms with Crippen molar-refractivity contribution in [1.82, 2.24) is 0 Å². The molecule has 3 nitrogen and oxygen atoms in total. The Balaban J connectivity index is 0.000000269. The first-order chi connectivity index (χ1) is 14.7. The predicted octanol–water partition coefficient (Wildman–Crippen LogP) is 7.06. The maximum Gasteiger partial charge on any atom is 0.150 e. The number of rotatable bonds is 6. The number of fused-ring (bicyclic) bond motifs is 1. The molecule has 4 aromatic rings. The molecule has 4 heteroatoms. The van der Waals surface area contributed by atoms with Gasteiger partial charge in [-0.15, -0.1) is 0 Å². The van der Waals surface area contributed by atoms with E-state index in [1.54, 1.807) is 24.1 Å². The summed E-state index contributed by atoms with van der Waals surface area (Å²) in [5.74, 6) is 0. The number of nitrogens with one attached hydrogen (secondary N) is 2. The SMILES string of the molecule is CCc1ccc(NSc2ccc(NC)c3ccccc23)cc1.O=Cc1ccccc1. The zero-order chi connectivity index (χ0) is 21.2. The van der Waals surface area contributed by atoms with E-state index >= 15 is 0 Å². The fourth-order valence-corrected chi connectivity index (χ4v) is 3.82. The molecule has 0 radical (unpaired) electrons. The Kier molecular flexibility index (Phi) is 7.93. The summed E-state index contributed by atoms with van der Waals surface area (Å²) in [4.78, 5) is 11.2. The Hall–Kier alpha value is -3.24. The summed E-state index contributed by atoms with van der Waals surface area (Å²) >= 11 is 1.66. The molecular formula is C26H26N2OS. The monoisotopic (exact) mass is 414 g/mol. The predicted molar refractivity (Wildman–Crippen MR) is 131 cm³/mol. The van der Waals surface area contributed by atoms with E-state index in [4.69, 9.17) is 0 Å². The lowest BCUT2D eigenvalue weighted by Gasteiger charge is -2.12. The molecule has 0 spiro atoms. The molecule has 4 rings (SSSR count). The van der Waals surface area contributed by atoms with Crippen LogP contribution < -0.4 is 10.0 Å². The molecule has 0 unspecified atom stereocenters. The van der Waals surface area contributed by atoms with Crippen LogP contribution in [0.25, 0.3) is 10.8 Å². The van der Waals surface area contributed by atoms with Crippen LogP contribution in [0.2, 0.25) is 0 Å². The summed E-state index contributed by atoms with van der Waals surface area (Å²) in [7, 11) is 1.96. The van der Waals surface area contributed by atoms with Gasteiger partial charge in [0.2, 0.25) is 0 Å². The van der Waals surface area contributed by atoms with Crippen molar-refractivity contribution >= 4 is 40.4 Å². The number of carbonyl (C=O) groups is 1. The molecule has 0 aliphatic heterocycles. The molecule has 4 aromatic carbocycles. The van der Waals surface area contributed by atoms with Gasteiger partial charge in [-0.25, -0.2) is 0 Å². The van der Waals surface area contributed by atoms with E-state index in [2.05, 4.69) is 77.6 Å². The lowest BCUT2D eigenvalue weighted by Crippen LogP contribution is -1.92. The zero-order valence-electron chi connectivity index (χ0n) is 17.3. The fraction of sp³-hybridized carbons (Fsp3) is 0.115. The van der Waals surface area contributed by atoms with Crippen LogP contribution in [0.4, 0.5) is 11.4 Å². The average Bonchev–Trinajstić information content (AvgIpc) is 2.83. The quantitative estimate of drug-likeness (QED) is 0.262. The molecular weight excluding hydrogens is 388 g/mol. The second-order valence-electron chi connectivity index (χ2n) is 6.69. The third-order valence-corrected chi connectivity index (χ3v) is 5.64. The third-order valence-electron chi connectivity index (χ3n) is 4.73. The van der Waals surface area contributed by atoms with Gasteiger partial charge in [0.1, 0.15) is 6.29 Å². The number of aldehydes is 1. The van der Waals surface area contributed by atoms with Crippen LogP contribution in [-0.2, 0) is 6.42 Å². The molecule has 0 saturated carbocycles. The molecule has 30 heavy (non-hydrogen) atoms. The van der Waals surface area contributed by atoms with Crippen molar-refractivity contribution in [3.05, 3.63) is 102 Å². The highest BCUT2D eigenvalue weighted by molar-refractivity contribution is 8.00. The number of aryl methyl sites for hydroxylation is 1. The molecule has 0 atom stereocenters. The van der Waals surface area contributed by atoms with Gasteiger partial charge in [0.05, 0.1) is 0 Å². The van der Waals surface area contributed by atoms with Crippen molar-refractivity contribution in [1.29, 1.82) is 0 Å². The van der Waals surface area contributed by atoms with Gasteiger partial charge in [-0.1, -0.05) is 73.7 Å². The van der Waals surface area contributed by atoms with Gasteiger partial charge in [-0.05, 0) is 53.6 Å². The number of hydrogen-bond acceptors (Lipinski definition) is 4. The maximum atomic E-state index is 10.0. The van der Waals surface area contributed by atoms with Crippen molar-refractivity contribution in [2.24, 2.45) is 0 Å². The molecule has 0 fully saturated rings. The summed E-state index contributed by atoms with van der Waals surface area (Å²) in [6, 6.07) is 30.5. The Bertz CT molecular complexity index is 1080. The van der Waals surface area contributed by atoms with Crippen molar-refractivity contribution in [2.45, 2.75) is 18.2 Å². The summed E-state index contributed by atoms with van der Waals surface area (Å²) in [6.07, 6.45) is 1.91. The van der Waals surface area contributed by atoms with Gasteiger partial charge in [0.25, 0.3) is 0 Å². The van der Waals surface area contributed by atoms with E-state index in [0.717, 1.165) is 29.6 Å². The van der Waals surface area contributed by atoms with Crippen LogP contribution in [0.5, 0.6) is 0 Å². The van der Waals surface area contributed by atoms with E-state index in [9.17, 15) is 4.79 Å². The van der Waals surface area contributed by atoms with E-state index < -0.39 is 0 Å². The molecule has 0 heterocycles. The smallest absolute Gasteiger partial charge is 0.150 e. The van der Waals surface area contributed by atoms with Crippen molar-refractivity contribution in [2.75, 3.05) is 17.1 Å². The lowest BCUT2D eigenvalue weighted by molar-refractivity contribution is 0.112. The average molecular weight is 415 g/mol. The van der Waals surface area contributed by atoms with Crippen molar-refractivity contribution < 1.29 is 4.79 Å². The first-order valence-electron chi connectivity index (χ1n) is 9.96. The zero-order valence-corrected chi connectivity index (χ0v) is 18.1. The molecule has 0 aromatic heterocycles. The van der Waals surface area contributed by atoms with E-state index in [-0.39, 0.29) is 0 Å². The normalized spacial score (nSPS) is 10.1. The standard InChI is InChI=1S/C19H20N2S.C7H6O/c1-3-14-8-10-15(11-9-14)21-22-19-13-12-18(20-2)16-6-4-5-7-17(16)19;8-6-7-4-2-1-3-5-7/h4-13,20-21H,3H2,1-2H3;1-6H. The highest BCUT2D eigenvalue weighted by Gasteiger charge is 2.05. The third kappa shape index (κ3) is 5.65. The van der Waals surface area contributed by atoms with Gasteiger partial charge < -0.3 is 10.0 Å². The number of hydrogen-bond donors (Lipinski definition) is 2.